The Morgan fingerprint density at radius 1 is 1.00 bits per heavy atom. The molecule has 1 atom stereocenters. The second-order valence-electron chi connectivity index (χ2n) is 7.02. The van der Waals surface area contributed by atoms with E-state index in [0.717, 1.165) is 24.0 Å². The molecule has 1 N–H and O–H groups in total. The number of methoxy groups -OCH3 is 3. The first-order chi connectivity index (χ1) is 13.5. The number of aryl methyl sites for hydroxylation is 1. The predicted octanol–water partition coefficient (Wildman–Crippen LogP) is 4.30. The van der Waals surface area contributed by atoms with Gasteiger partial charge in [0.15, 0.2) is 11.5 Å². The zero-order valence-corrected chi connectivity index (χ0v) is 16.8. The predicted molar refractivity (Wildman–Crippen MR) is 110 cm³/mol. The molecule has 0 spiro atoms. The van der Waals surface area contributed by atoms with Crippen LogP contribution in [0.2, 0.25) is 0 Å². The zero-order valence-electron chi connectivity index (χ0n) is 16.8. The van der Waals surface area contributed by atoms with Gasteiger partial charge in [0.2, 0.25) is 5.91 Å². The Hall–Kier alpha value is -2.95. The molecule has 3 rings (SSSR count). The lowest BCUT2D eigenvalue weighted by molar-refractivity contribution is -0.117. The van der Waals surface area contributed by atoms with Gasteiger partial charge in [-0.15, -0.1) is 0 Å². The largest absolute Gasteiger partial charge is 0.496 e. The average molecular weight is 381 g/mol. The van der Waals surface area contributed by atoms with Crippen LogP contribution < -0.4 is 19.5 Å². The van der Waals surface area contributed by atoms with Crippen molar-refractivity contribution in [3.05, 3.63) is 59.2 Å². The first-order valence-corrected chi connectivity index (χ1v) is 9.41. The molecule has 1 aliphatic carbocycles. The summed E-state index contributed by atoms with van der Waals surface area (Å²) >= 11 is 0. The maximum absolute atomic E-state index is 12.6. The molecule has 0 saturated heterocycles. The van der Waals surface area contributed by atoms with Crippen molar-refractivity contribution < 1.29 is 19.0 Å². The molecular formula is C23H27NO4. The summed E-state index contributed by atoms with van der Waals surface area (Å²) in [6, 6.07) is 11.9. The van der Waals surface area contributed by atoms with Crippen LogP contribution in [0, 0.1) is 12.8 Å². The fourth-order valence-corrected chi connectivity index (χ4v) is 3.23. The first kappa shape index (κ1) is 19.8. The van der Waals surface area contributed by atoms with Crippen molar-refractivity contribution in [3.8, 4) is 17.2 Å². The molecule has 2 aromatic carbocycles. The molecule has 1 fully saturated rings. The fourth-order valence-electron chi connectivity index (χ4n) is 3.23. The number of amides is 1. The maximum Gasteiger partial charge on any atom is 0.244 e. The van der Waals surface area contributed by atoms with Crippen LogP contribution in [0.1, 0.15) is 35.6 Å². The van der Waals surface area contributed by atoms with Crippen molar-refractivity contribution in [2.24, 2.45) is 5.92 Å². The van der Waals surface area contributed by atoms with Crippen LogP contribution in [0.5, 0.6) is 17.2 Å². The summed E-state index contributed by atoms with van der Waals surface area (Å²) in [6.45, 7) is 2.06. The lowest BCUT2D eigenvalue weighted by Gasteiger charge is -2.18. The highest BCUT2D eigenvalue weighted by Gasteiger charge is 2.33. The smallest absolute Gasteiger partial charge is 0.244 e. The topological polar surface area (TPSA) is 56.8 Å². The van der Waals surface area contributed by atoms with Crippen LogP contribution in [-0.2, 0) is 4.79 Å². The van der Waals surface area contributed by atoms with Gasteiger partial charge < -0.3 is 19.5 Å². The number of benzene rings is 2. The maximum atomic E-state index is 12.6. The number of hydrogen-bond acceptors (Lipinski definition) is 4. The second kappa shape index (κ2) is 8.83. The fraction of sp³-hybridized carbons (Fsp3) is 0.348. The number of carbonyl (C=O) groups is 1. The lowest BCUT2D eigenvalue weighted by Crippen LogP contribution is -2.28. The molecule has 1 saturated carbocycles. The Morgan fingerprint density at radius 3 is 2.18 bits per heavy atom. The van der Waals surface area contributed by atoms with Crippen LogP contribution in [0.15, 0.2) is 42.5 Å². The van der Waals surface area contributed by atoms with E-state index >= 15 is 0 Å². The second-order valence-corrected chi connectivity index (χ2v) is 7.02. The Bertz CT molecular complexity index is 854. The highest BCUT2D eigenvalue weighted by Crippen LogP contribution is 2.41. The molecular weight excluding hydrogens is 354 g/mol. The third-order valence-electron chi connectivity index (χ3n) is 4.98. The standard InChI is InChI=1S/C23H27NO4/c1-15-5-7-16(8-6-15)23(17-9-10-17)24-22(25)12-11-18-13-20(27-3)21(28-4)14-19(18)26-2/h5-8,11-14,17,23H,9-10H2,1-4H3,(H,24,25)/b12-11+. The summed E-state index contributed by atoms with van der Waals surface area (Å²) in [5.74, 6) is 2.15. The van der Waals surface area contributed by atoms with E-state index in [9.17, 15) is 4.79 Å². The van der Waals surface area contributed by atoms with Crippen LogP contribution in [0.4, 0.5) is 0 Å². The SMILES string of the molecule is COc1cc(OC)c(OC)cc1/C=C/C(=O)NC(c1ccc(C)cc1)C1CC1. The Morgan fingerprint density at radius 2 is 1.61 bits per heavy atom. The third-order valence-corrected chi connectivity index (χ3v) is 4.98. The summed E-state index contributed by atoms with van der Waals surface area (Å²) in [4.78, 5) is 12.6. The highest BCUT2D eigenvalue weighted by atomic mass is 16.5. The van der Waals surface area contributed by atoms with Crippen LogP contribution in [0.25, 0.3) is 6.08 Å². The third kappa shape index (κ3) is 4.66. The minimum atomic E-state index is -0.130. The summed E-state index contributed by atoms with van der Waals surface area (Å²) < 4.78 is 16.0. The Balaban J connectivity index is 1.76. The molecule has 0 aromatic heterocycles. The van der Waals surface area contributed by atoms with Crippen molar-refractivity contribution in [2.75, 3.05) is 21.3 Å². The number of rotatable bonds is 8. The van der Waals surface area contributed by atoms with Crippen LogP contribution in [-0.4, -0.2) is 27.2 Å². The van der Waals surface area contributed by atoms with Crippen molar-refractivity contribution >= 4 is 12.0 Å². The highest BCUT2D eigenvalue weighted by molar-refractivity contribution is 5.92. The van der Waals surface area contributed by atoms with E-state index in [-0.39, 0.29) is 11.9 Å². The lowest BCUT2D eigenvalue weighted by atomic mass is 10.0. The van der Waals surface area contributed by atoms with Gasteiger partial charge in [0.1, 0.15) is 5.75 Å². The number of nitrogens with one attached hydrogen (secondary N) is 1. The summed E-state index contributed by atoms with van der Waals surface area (Å²) in [5.41, 5.74) is 3.11. The minimum Gasteiger partial charge on any atom is -0.496 e. The van der Waals surface area contributed by atoms with Gasteiger partial charge in [-0.3, -0.25) is 4.79 Å². The molecule has 148 valence electrons. The van der Waals surface area contributed by atoms with E-state index < -0.39 is 0 Å². The minimum absolute atomic E-state index is 0.0463. The average Bonchev–Trinajstić information content (AvgIpc) is 3.55. The van der Waals surface area contributed by atoms with E-state index in [2.05, 4.69) is 36.5 Å². The van der Waals surface area contributed by atoms with Crippen LogP contribution in [0.3, 0.4) is 0 Å². The number of ether oxygens (including phenoxy) is 3. The van der Waals surface area contributed by atoms with E-state index in [1.165, 1.54) is 11.6 Å². The molecule has 1 amide bonds. The molecule has 5 heteroatoms. The first-order valence-electron chi connectivity index (χ1n) is 9.41. The zero-order chi connectivity index (χ0) is 20.1. The van der Waals surface area contributed by atoms with Crippen molar-refractivity contribution in [1.82, 2.24) is 5.32 Å². The quantitative estimate of drug-likeness (QED) is 0.693. The number of carbonyl (C=O) groups excluding carboxylic acids is 1. The van der Waals surface area contributed by atoms with E-state index in [4.69, 9.17) is 14.2 Å². The molecule has 2 aromatic rings. The van der Waals surface area contributed by atoms with Crippen molar-refractivity contribution in [2.45, 2.75) is 25.8 Å². The van der Waals surface area contributed by atoms with Gasteiger partial charge in [-0.25, -0.2) is 0 Å². The molecule has 0 radical (unpaired) electrons. The van der Waals surface area contributed by atoms with Gasteiger partial charge in [0.05, 0.1) is 27.4 Å². The normalized spacial score (nSPS) is 14.6. The molecule has 1 unspecified atom stereocenters. The van der Waals surface area contributed by atoms with Gasteiger partial charge in [-0.2, -0.15) is 0 Å². The monoisotopic (exact) mass is 381 g/mol. The summed E-state index contributed by atoms with van der Waals surface area (Å²) in [7, 11) is 4.73. The molecule has 1 aliphatic rings. The van der Waals surface area contributed by atoms with Gasteiger partial charge >= 0.3 is 0 Å². The summed E-state index contributed by atoms with van der Waals surface area (Å²) in [6.07, 6.45) is 5.56. The van der Waals surface area contributed by atoms with Crippen molar-refractivity contribution in [1.29, 1.82) is 0 Å². The Labute approximate surface area is 166 Å². The van der Waals surface area contributed by atoms with E-state index in [1.807, 2.05) is 0 Å². The van der Waals surface area contributed by atoms with Gasteiger partial charge in [-0.05, 0) is 43.4 Å². The van der Waals surface area contributed by atoms with Crippen LogP contribution >= 0.6 is 0 Å². The van der Waals surface area contributed by atoms with Crippen molar-refractivity contribution in [3.63, 3.8) is 0 Å². The molecule has 0 aliphatic heterocycles. The number of hydrogen-bond donors (Lipinski definition) is 1. The van der Waals surface area contributed by atoms with E-state index in [1.54, 1.807) is 39.5 Å². The molecule has 5 nitrogen and oxygen atoms in total. The van der Waals surface area contributed by atoms with Gasteiger partial charge in [0.25, 0.3) is 0 Å². The van der Waals surface area contributed by atoms with Gasteiger partial charge in [0, 0.05) is 17.7 Å². The Kier molecular flexibility index (Phi) is 6.24. The van der Waals surface area contributed by atoms with Gasteiger partial charge in [-0.1, -0.05) is 29.8 Å². The molecule has 0 bridgehead atoms. The molecule has 28 heavy (non-hydrogen) atoms. The molecule has 0 heterocycles. The van der Waals surface area contributed by atoms with E-state index in [0.29, 0.717) is 23.2 Å². The summed E-state index contributed by atoms with van der Waals surface area (Å²) in [5, 5.41) is 3.15.